The van der Waals surface area contributed by atoms with Crippen molar-refractivity contribution in [2.75, 3.05) is 58.7 Å². The van der Waals surface area contributed by atoms with E-state index in [9.17, 15) is 4.79 Å². The van der Waals surface area contributed by atoms with Gasteiger partial charge in [-0.3, -0.25) is 14.7 Å². The molecule has 4 rings (SSSR count). The van der Waals surface area contributed by atoms with Crippen LogP contribution in [0.1, 0.15) is 22.7 Å². The Morgan fingerprint density at radius 1 is 1.09 bits per heavy atom. The van der Waals surface area contributed by atoms with Crippen molar-refractivity contribution in [3.05, 3.63) is 54.4 Å². The Kier molecular flexibility index (Phi) is 7.18. The van der Waals surface area contributed by atoms with Gasteiger partial charge in [0.15, 0.2) is 0 Å². The van der Waals surface area contributed by atoms with Gasteiger partial charge in [0.25, 0.3) is 5.91 Å². The van der Waals surface area contributed by atoms with Crippen molar-refractivity contribution in [1.82, 2.24) is 34.6 Å². The molecular formula is C23H30N8O. The fourth-order valence-electron chi connectivity index (χ4n) is 3.81. The number of carbonyl (C=O) groups excluding carboxylic acids is 1. The molecule has 1 amide bonds. The molecule has 0 atom stereocenters. The van der Waals surface area contributed by atoms with E-state index < -0.39 is 0 Å². The zero-order valence-electron chi connectivity index (χ0n) is 18.7. The van der Waals surface area contributed by atoms with E-state index in [1.54, 1.807) is 12.4 Å². The highest BCUT2D eigenvalue weighted by atomic mass is 16.2. The van der Waals surface area contributed by atoms with E-state index in [1.807, 2.05) is 23.1 Å². The smallest absolute Gasteiger partial charge is 0.274 e. The monoisotopic (exact) mass is 434 g/mol. The van der Waals surface area contributed by atoms with E-state index in [2.05, 4.69) is 45.2 Å². The third kappa shape index (κ3) is 5.54. The minimum absolute atomic E-state index is 0.0658. The first-order valence-corrected chi connectivity index (χ1v) is 11.0. The molecule has 0 spiro atoms. The molecule has 3 aromatic rings. The lowest BCUT2D eigenvalue weighted by Gasteiger charge is -2.34. The zero-order chi connectivity index (χ0) is 22.3. The molecular weight excluding hydrogens is 404 g/mol. The summed E-state index contributed by atoms with van der Waals surface area (Å²) in [6.45, 7) is 5.39. The maximum absolute atomic E-state index is 12.6. The average molecular weight is 435 g/mol. The third-order valence-corrected chi connectivity index (χ3v) is 5.53. The first-order valence-electron chi connectivity index (χ1n) is 11.0. The molecule has 3 heterocycles. The second kappa shape index (κ2) is 10.4. The molecule has 0 unspecified atom stereocenters. The molecule has 0 saturated carbocycles. The van der Waals surface area contributed by atoms with E-state index in [0.717, 1.165) is 55.1 Å². The molecule has 0 radical (unpaired) electrons. The van der Waals surface area contributed by atoms with Crippen LogP contribution in [0.5, 0.6) is 0 Å². The van der Waals surface area contributed by atoms with Crippen molar-refractivity contribution < 1.29 is 4.79 Å². The molecule has 0 bridgehead atoms. The van der Waals surface area contributed by atoms with Gasteiger partial charge in [0, 0.05) is 50.5 Å². The summed E-state index contributed by atoms with van der Waals surface area (Å²) in [5, 5.41) is 4.54. The van der Waals surface area contributed by atoms with E-state index >= 15 is 0 Å². The number of hydrogen-bond acceptors (Lipinski definition) is 8. The SMILES string of the molecule is CN(C)CCCNc1nc(CN2CCN(C(=O)c3cnccn3)CC2)nc2ccccc12. The second-order valence-corrected chi connectivity index (χ2v) is 8.25. The Bertz CT molecular complexity index is 1030. The van der Waals surface area contributed by atoms with Gasteiger partial charge in [-0.05, 0) is 39.2 Å². The van der Waals surface area contributed by atoms with Crippen LogP contribution in [0.2, 0.25) is 0 Å². The summed E-state index contributed by atoms with van der Waals surface area (Å²) in [6.07, 6.45) is 5.68. The summed E-state index contributed by atoms with van der Waals surface area (Å²) >= 11 is 0. The van der Waals surface area contributed by atoms with Gasteiger partial charge < -0.3 is 15.1 Å². The van der Waals surface area contributed by atoms with Gasteiger partial charge >= 0.3 is 0 Å². The van der Waals surface area contributed by atoms with Crippen LogP contribution in [0.3, 0.4) is 0 Å². The van der Waals surface area contributed by atoms with Gasteiger partial charge in [-0.15, -0.1) is 0 Å². The number of amides is 1. The van der Waals surface area contributed by atoms with Gasteiger partial charge in [0.2, 0.25) is 0 Å². The van der Waals surface area contributed by atoms with Gasteiger partial charge in [-0.1, -0.05) is 12.1 Å². The number of benzene rings is 1. The summed E-state index contributed by atoms with van der Waals surface area (Å²) in [7, 11) is 4.16. The molecule has 32 heavy (non-hydrogen) atoms. The quantitative estimate of drug-likeness (QED) is 0.536. The number of nitrogens with one attached hydrogen (secondary N) is 1. The second-order valence-electron chi connectivity index (χ2n) is 8.25. The number of aromatic nitrogens is 4. The number of anilines is 1. The lowest BCUT2D eigenvalue weighted by atomic mass is 10.2. The molecule has 9 heteroatoms. The Morgan fingerprint density at radius 2 is 1.91 bits per heavy atom. The van der Waals surface area contributed by atoms with Gasteiger partial charge in [-0.2, -0.15) is 0 Å². The van der Waals surface area contributed by atoms with Gasteiger partial charge in [0.05, 0.1) is 18.3 Å². The van der Waals surface area contributed by atoms with Crippen molar-refractivity contribution in [3.8, 4) is 0 Å². The molecule has 1 aliphatic heterocycles. The van der Waals surface area contributed by atoms with Crippen molar-refractivity contribution in [2.24, 2.45) is 0 Å². The van der Waals surface area contributed by atoms with Crippen molar-refractivity contribution in [1.29, 1.82) is 0 Å². The molecule has 1 saturated heterocycles. The maximum Gasteiger partial charge on any atom is 0.274 e. The van der Waals surface area contributed by atoms with E-state index in [0.29, 0.717) is 25.3 Å². The van der Waals surface area contributed by atoms with Crippen LogP contribution >= 0.6 is 0 Å². The van der Waals surface area contributed by atoms with E-state index in [-0.39, 0.29) is 5.91 Å². The Balaban J connectivity index is 1.39. The number of nitrogens with zero attached hydrogens (tertiary/aromatic N) is 7. The van der Waals surface area contributed by atoms with Crippen LogP contribution in [0.4, 0.5) is 5.82 Å². The minimum atomic E-state index is -0.0658. The van der Waals surface area contributed by atoms with Crippen LogP contribution in [0.15, 0.2) is 42.9 Å². The zero-order valence-corrected chi connectivity index (χ0v) is 18.7. The molecule has 2 aromatic heterocycles. The van der Waals surface area contributed by atoms with Crippen LogP contribution in [-0.4, -0.2) is 93.9 Å². The van der Waals surface area contributed by atoms with Crippen molar-refractivity contribution in [3.63, 3.8) is 0 Å². The highest BCUT2D eigenvalue weighted by molar-refractivity contribution is 5.92. The number of para-hydroxylation sites is 1. The molecule has 9 nitrogen and oxygen atoms in total. The Labute approximate surface area is 188 Å². The Morgan fingerprint density at radius 3 is 2.66 bits per heavy atom. The van der Waals surface area contributed by atoms with E-state index in [1.165, 1.54) is 6.20 Å². The van der Waals surface area contributed by atoms with E-state index in [4.69, 9.17) is 9.97 Å². The number of carbonyl (C=O) groups is 1. The number of hydrogen-bond donors (Lipinski definition) is 1. The first kappa shape index (κ1) is 22.0. The van der Waals surface area contributed by atoms with Gasteiger partial charge in [0.1, 0.15) is 17.3 Å². The fourth-order valence-corrected chi connectivity index (χ4v) is 3.81. The minimum Gasteiger partial charge on any atom is -0.369 e. The molecule has 1 N–H and O–H groups in total. The van der Waals surface area contributed by atoms with Crippen molar-refractivity contribution in [2.45, 2.75) is 13.0 Å². The average Bonchev–Trinajstić information content (AvgIpc) is 2.82. The van der Waals surface area contributed by atoms with Crippen LogP contribution in [-0.2, 0) is 6.54 Å². The number of piperazine rings is 1. The third-order valence-electron chi connectivity index (χ3n) is 5.53. The summed E-state index contributed by atoms with van der Waals surface area (Å²) in [5.74, 6) is 1.62. The van der Waals surface area contributed by atoms with Crippen LogP contribution in [0, 0.1) is 0 Å². The standard InChI is InChI=1S/C23H30N8O/c1-29(2)11-5-8-26-22-18-6-3-4-7-19(18)27-21(28-22)17-30-12-14-31(15-13-30)23(32)20-16-24-9-10-25-20/h3-4,6-7,9-10,16H,5,8,11-15,17H2,1-2H3,(H,26,27,28). The lowest BCUT2D eigenvalue weighted by Crippen LogP contribution is -2.48. The van der Waals surface area contributed by atoms with Crippen LogP contribution in [0.25, 0.3) is 10.9 Å². The molecule has 1 fully saturated rings. The Hall–Kier alpha value is -3.17. The highest BCUT2D eigenvalue weighted by Crippen LogP contribution is 2.21. The normalized spacial score (nSPS) is 14.8. The predicted octanol–water partition coefficient (Wildman–Crippen LogP) is 1.74. The summed E-state index contributed by atoms with van der Waals surface area (Å²) in [5.41, 5.74) is 1.34. The fraction of sp³-hybridized carbons (Fsp3) is 0.435. The van der Waals surface area contributed by atoms with Crippen LogP contribution < -0.4 is 5.32 Å². The topological polar surface area (TPSA) is 90.4 Å². The summed E-state index contributed by atoms with van der Waals surface area (Å²) < 4.78 is 0. The number of rotatable bonds is 8. The predicted molar refractivity (Wildman–Crippen MR) is 124 cm³/mol. The first-order chi connectivity index (χ1) is 15.6. The molecule has 168 valence electrons. The highest BCUT2D eigenvalue weighted by Gasteiger charge is 2.23. The lowest BCUT2D eigenvalue weighted by molar-refractivity contribution is 0.0619. The molecule has 1 aliphatic rings. The number of fused-ring (bicyclic) bond motifs is 1. The molecule has 0 aliphatic carbocycles. The van der Waals surface area contributed by atoms with Crippen molar-refractivity contribution >= 4 is 22.6 Å². The summed E-state index contributed by atoms with van der Waals surface area (Å²) in [6, 6.07) is 8.11. The van der Waals surface area contributed by atoms with Gasteiger partial charge in [-0.25, -0.2) is 15.0 Å². The maximum atomic E-state index is 12.6. The molecule has 1 aromatic carbocycles. The largest absolute Gasteiger partial charge is 0.369 e. The summed E-state index contributed by atoms with van der Waals surface area (Å²) in [4.78, 5) is 36.6.